The second kappa shape index (κ2) is 11.7. The zero-order valence-electron chi connectivity index (χ0n) is 22.4. The quantitative estimate of drug-likeness (QED) is 0.402. The summed E-state index contributed by atoms with van der Waals surface area (Å²) in [6.45, 7) is 3.88. The smallest absolute Gasteiger partial charge is 0.259 e. The number of hydrogen-bond donors (Lipinski definition) is 2. The number of piperidine rings is 1. The Morgan fingerprint density at radius 3 is 2.90 bits per heavy atom. The molecule has 5 heterocycles. The number of aryl methyl sites for hydroxylation is 2. The zero-order chi connectivity index (χ0) is 27.5. The Hall–Kier alpha value is -3.92. The van der Waals surface area contributed by atoms with Gasteiger partial charge in [0.15, 0.2) is 5.82 Å². The van der Waals surface area contributed by atoms with Crippen LogP contribution in [-0.4, -0.2) is 51.8 Å². The van der Waals surface area contributed by atoms with Gasteiger partial charge in [0.25, 0.3) is 5.91 Å². The number of carbonyl (C=O) groups is 1. The lowest BCUT2D eigenvalue weighted by Crippen LogP contribution is -2.38. The van der Waals surface area contributed by atoms with Gasteiger partial charge in [0.1, 0.15) is 22.1 Å². The molecule has 208 valence electrons. The second-order valence-electron chi connectivity index (χ2n) is 10.6. The van der Waals surface area contributed by atoms with Gasteiger partial charge in [-0.2, -0.15) is 4.98 Å². The fourth-order valence-electron chi connectivity index (χ4n) is 5.47. The fourth-order valence-corrected chi connectivity index (χ4v) is 5.61. The van der Waals surface area contributed by atoms with Crippen molar-refractivity contribution in [2.75, 3.05) is 30.3 Å². The van der Waals surface area contributed by atoms with E-state index in [-0.39, 0.29) is 5.91 Å². The van der Waals surface area contributed by atoms with Gasteiger partial charge < -0.3 is 24.8 Å². The maximum atomic E-state index is 12.8. The van der Waals surface area contributed by atoms with Crippen molar-refractivity contribution in [2.24, 2.45) is 16.8 Å². The summed E-state index contributed by atoms with van der Waals surface area (Å²) in [5, 5.41) is 10.8. The number of hydrogen-bond acceptors (Lipinski definition) is 9. The number of carbonyl (C=O) groups excluding carboxylic acids is 1. The number of fused-ring (bicyclic) bond motifs is 6. The highest BCUT2D eigenvalue weighted by Crippen LogP contribution is 2.32. The highest BCUT2D eigenvalue weighted by molar-refractivity contribution is 6.32. The molecule has 2 aromatic heterocycles. The van der Waals surface area contributed by atoms with Gasteiger partial charge in [-0.3, -0.25) is 9.79 Å². The molecule has 0 radical (unpaired) electrons. The SMILES string of the molecule is Cc1oncc1C(=O)N1CCC(CCOc2ccc3cc2CCC2C=NC=C(C2)Nc2ncc(Cl)c(n2)N3)CC1. The number of amides is 1. The third-order valence-electron chi connectivity index (χ3n) is 7.80. The van der Waals surface area contributed by atoms with E-state index in [9.17, 15) is 4.79 Å². The van der Waals surface area contributed by atoms with Crippen molar-refractivity contribution in [3.63, 3.8) is 0 Å². The highest BCUT2D eigenvalue weighted by atomic mass is 35.5. The minimum absolute atomic E-state index is 0.00281. The van der Waals surface area contributed by atoms with Gasteiger partial charge in [-0.1, -0.05) is 16.8 Å². The lowest BCUT2D eigenvalue weighted by atomic mass is 9.93. The molecule has 40 heavy (non-hydrogen) atoms. The Balaban J connectivity index is 1.10. The number of aromatic nitrogens is 3. The number of halogens is 1. The number of nitrogens with zero attached hydrogens (tertiary/aromatic N) is 5. The number of aliphatic imine (C=N–C) groups is 1. The van der Waals surface area contributed by atoms with E-state index in [1.807, 2.05) is 29.4 Å². The summed E-state index contributed by atoms with van der Waals surface area (Å²) < 4.78 is 11.4. The first kappa shape index (κ1) is 26.3. The van der Waals surface area contributed by atoms with Crippen LogP contribution in [0.4, 0.5) is 17.5 Å². The molecule has 10 nitrogen and oxygen atoms in total. The van der Waals surface area contributed by atoms with Crippen LogP contribution in [0, 0.1) is 18.8 Å². The van der Waals surface area contributed by atoms with Crippen LogP contribution in [0.3, 0.4) is 0 Å². The lowest BCUT2D eigenvalue weighted by Gasteiger charge is -2.31. The molecule has 3 aliphatic heterocycles. The Morgan fingerprint density at radius 2 is 2.08 bits per heavy atom. The molecule has 11 heteroatoms. The predicted molar refractivity (Wildman–Crippen MR) is 153 cm³/mol. The molecule has 0 aliphatic carbocycles. The highest BCUT2D eigenvalue weighted by Gasteiger charge is 2.26. The maximum Gasteiger partial charge on any atom is 0.259 e. The zero-order valence-corrected chi connectivity index (χ0v) is 23.2. The molecule has 1 unspecified atom stereocenters. The van der Waals surface area contributed by atoms with Crippen LogP contribution >= 0.6 is 11.6 Å². The second-order valence-corrected chi connectivity index (χ2v) is 11.0. The molecule has 3 aromatic rings. The van der Waals surface area contributed by atoms with Crippen molar-refractivity contribution in [3.8, 4) is 5.75 Å². The molecule has 1 amide bonds. The minimum Gasteiger partial charge on any atom is -0.493 e. The number of nitrogens with one attached hydrogen (secondary N) is 2. The number of allylic oxidation sites excluding steroid dienone is 1. The van der Waals surface area contributed by atoms with Crippen molar-refractivity contribution < 1.29 is 14.1 Å². The minimum atomic E-state index is 0.00281. The third-order valence-corrected chi connectivity index (χ3v) is 8.08. The van der Waals surface area contributed by atoms with Crippen LogP contribution in [0.2, 0.25) is 5.02 Å². The van der Waals surface area contributed by atoms with Gasteiger partial charge in [0, 0.05) is 42.8 Å². The summed E-state index contributed by atoms with van der Waals surface area (Å²) in [5.74, 6) is 3.31. The molecular formula is C29H32ClN7O3. The molecular weight excluding hydrogens is 530 g/mol. The van der Waals surface area contributed by atoms with E-state index in [1.54, 1.807) is 13.1 Å². The molecule has 0 saturated carbocycles. The molecule has 1 saturated heterocycles. The van der Waals surface area contributed by atoms with Crippen molar-refractivity contribution in [2.45, 2.75) is 45.4 Å². The fraction of sp³-hybridized carbons (Fsp3) is 0.414. The average Bonchev–Trinajstić information content (AvgIpc) is 3.40. The number of likely N-dealkylation sites (tertiary alicyclic amines) is 1. The summed E-state index contributed by atoms with van der Waals surface area (Å²) >= 11 is 6.40. The Kier molecular flexibility index (Phi) is 7.68. The Morgan fingerprint density at radius 1 is 1.20 bits per heavy atom. The summed E-state index contributed by atoms with van der Waals surface area (Å²) in [6, 6.07) is 6.13. The van der Waals surface area contributed by atoms with Crippen molar-refractivity contribution in [3.05, 3.63) is 64.4 Å². The summed E-state index contributed by atoms with van der Waals surface area (Å²) in [4.78, 5) is 28.0. The van der Waals surface area contributed by atoms with E-state index < -0.39 is 0 Å². The van der Waals surface area contributed by atoms with Crippen LogP contribution in [0.1, 0.15) is 53.8 Å². The lowest BCUT2D eigenvalue weighted by molar-refractivity contribution is 0.0678. The number of benzene rings is 1. The van der Waals surface area contributed by atoms with Crippen molar-refractivity contribution >= 4 is 41.2 Å². The molecule has 1 fully saturated rings. The summed E-state index contributed by atoms with van der Waals surface area (Å²) in [6.07, 6.45) is 12.5. The summed E-state index contributed by atoms with van der Waals surface area (Å²) in [7, 11) is 0. The predicted octanol–water partition coefficient (Wildman–Crippen LogP) is 5.78. The van der Waals surface area contributed by atoms with E-state index in [2.05, 4.69) is 36.8 Å². The van der Waals surface area contributed by atoms with E-state index >= 15 is 0 Å². The van der Waals surface area contributed by atoms with Crippen LogP contribution < -0.4 is 15.4 Å². The molecule has 6 bridgehead atoms. The van der Waals surface area contributed by atoms with E-state index in [0.29, 0.717) is 46.6 Å². The molecule has 0 spiro atoms. The number of ether oxygens (including phenoxy) is 1. The van der Waals surface area contributed by atoms with Crippen molar-refractivity contribution in [1.82, 2.24) is 20.0 Å². The largest absolute Gasteiger partial charge is 0.493 e. The first-order chi connectivity index (χ1) is 19.5. The van der Waals surface area contributed by atoms with E-state index in [0.717, 1.165) is 74.3 Å². The first-order valence-corrected chi connectivity index (χ1v) is 14.1. The van der Waals surface area contributed by atoms with Gasteiger partial charge in [-0.15, -0.1) is 0 Å². The van der Waals surface area contributed by atoms with E-state index in [4.69, 9.17) is 20.9 Å². The third kappa shape index (κ3) is 5.96. The van der Waals surface area contributed by atoms with Crippen LogP contribution in [-0.2, 0) is 6.42 Å². The average molecular weight is 562 g/mol. The van der Waals surface area contributed by atoms with E-state index in [1.165, 1.54) is 6.20 Å². The van der Waals surface area contributed by atoms with Crippen LogP contribution in [0.25, 0.3) is 0 Å². The monoisotopic (exact) mass is 561 g/mol. The normalized spacial score (nSPS) is 18.9. The Bertz CT molecular complexity index is 1450. The van der Waals surface area contributed by atoms with Gasteiger partial charge in [-0.25, -0.2) is 4.98 Å². The number of rotatable bonds is 5. The van der Waals surface area contributed by atoms with Crippen LogP contribution in [0.5, 0.6) is 5.75 Å². The Labute approximate surface area is 237 Å². The maximum absolute atomic E-state index is 12.8. The van der Waals surface area contributed by atoms with Gasteiger partial charge in [0.2, 0.25) is 5.95 Å². The molecule has 6 rings (SSSR count). The van der Waals surface area contributed by atoms with Crippen LogP contribution in [0.15, 0.2) is 52.0 Å². The molecule has 1 aromatic carbocycles. The molecule has 3 aliphatic rings. The first-order valence-electron chi connectivity index (χ1n) is 13.8. The van der Waals surface area contributed by atoms with Crippen molar-refractivity contribution in [1.29, 1.82) is 0 Å². The standard InChI is InChI=1S/C29H32ClN7O3/c1-18-24(16-33-40-18)28(38)37-9-6-19(7-10-37)8-11-39-26-5-4-22-13-21(26)3-2-20-12-23(15-31-14-20)35-29-32-17-25(30)27(34-22)36-29/h4-5,13-17,19-20H,2-3,6-12H2,1H3,(H2,32,34,35,36). The molecule has 2 N–H and O–H groups in total. The number of anilines is 3. The summed E-state index contributed by atoms with van der Waals surface area (Å²) in [5.41, 5.74) is 3.56. The van der Waals surface area contributed by atoms with Gasteiger partial charge >= 0.3 is 0 Å². The van der Waals surface area contributed by atoms with Gasteiger partial charge in [-0.05, 0) is 75.1 Å². The topological polar surface area (TPSA) is 118 Å². The van der Waals surface area contributed by atoms with Gasteiger partial charge in [0.05, 0.1) is 19.0 Å². The molecule has 1 atom stereocenters.